The van der Waals surface area contributed by atoms with Gasteiger partial charge in [-0.25, -0.2) is 8.42 Å². The first kappa shape index (κ1) is 24.3. The van der Waals surface area contributed by atoms with Crippen molar-refractivity contribution in [2.75, 3.05) is 24.6 Å². The summed E-state index contributed by atoms with van der Waals surface area (Å²) in [7, 11) is -2.66. The maximum absolute atomic E-state index is 12.2. The molecule has 0 radical (unpaired) electrons. The molecule has 0 N–H and O–H groups in total. The lowest BCUT2D eigenvalue weighted by atomic mass is 10.1. The summed E-state index contributed by atoms with van der Waals surface area (Å²) in [4.78, 5) is 50.9. The fourth-order valence-electron chi connectivity index (χ4n) is 3.60. The predicted octanol–water partition coefficient (Wildman–Crippen LogP) is 2.02. The average Bonchev–Trinajstić information content (AvgIpc) is 3.02. The average molecular weight is 457 g/mol. The Labute approximate surface area is 181 Å². The van der Waals surface area contributed by atoms with Crippen molar-refractivity contribution in [2.24, 2.45) is 0 Å². The third-order valence-corrected chi connectivity index (χ3v) is 9.00. The van der Waals surface area contributed by atoms with Crippen molar-refractivity contribution < 1.29 is 27.6 Å². The van der Waals surface area contributed by atoms with Crippen molar-refractivity contribution in [3.8, 4) is 0 Å². The molecule has 166 valence electrons. The highest BCUT2D eigenvalue weighted by atomic mass is 33.1. The summed E-state index contributed by atoms with van der Waals surface area (Å²) in [6, 6.07) is 0. The van der Waals surface area contributed by atoms with Gasteiger partial charge in [-0.3, -0.25) is 29.0 Å². The molecular formula is C20H28N2O6S2. The maximum Gasteiger partial charge on any atom is 0.257 e. The van der Waals surface area contributed by atoms with E-state index in [1.54, 1.807) is 20.8 Å². The highest BCUT2D eigenvalue weighted by Gasteiger charge is 2.35. The first-order chi connectivity index (χ1) is 14.1. The van der Waals surface area contributed by atoms with Crippen LogP contribution in [0.2, 0.25) is 0 Å². The Morgan fingerprint density at radius 1 is 0.733 bits per heavy atom. The standard InChI is InChI=1S/C20H28N2O6S2/c1-5-15-13(3)17(23)21(19(15)25)9-7-11-29-30(27,28)12-8-10-22-18(24)14(4)16(6-2)20(22)26/h5-12H2,1-4H3. The van der Waals surface area contributed by atoms with E-state index in [9.17, 15) is 27.6 Å². The molecule has 0 saturated carbocycles. The van der Waals surface area contributed by atoms with Gasteiger partial charge >= 0.3 is 0 Å². The van der Waals surface area contributed by atoms with Gasteiger partial charge in [0.15, 0.2) is 0 Å². The van der Waals surface area contributed by atoms with Crippen molar-refractivity contribution in [3.63, 3.8) is 0 Å². The van der Waals surface area contributed by atoms with E-state index in [4.69, 9.17) is 0 Å². The van der Waals surface area contributed by atoms with Crippen molar-refractivity contribution >= 4 is 43.3 Å². The van der Waals surface area contributed by atoms with Crippen molar-refractivity contribution in [3.05, 3.63) is 22.3 Å². The largest absolute Gasteiger partial charge is 0.275 e. The number of rotatable bonds is 11. The topological polar surface area (TPSA) is 109 Å². The molecule has 2 aliphatic rings. The molecule has 4 amide bonds. The third kappa shape index (κ3) is 5.03. The second kappa shape index (κ2) is 9.91. The molecule has 0 fully saturated rings. The van der Waals surface area contributed by atoms with Gasteiger partial charge in [0.25, 0.3) is 23.6 Å². The third-order valence-electron chi connectivity index (χ3n) is 5.32. The minimum absolute atomic E-state index is 0.0693. The molecule has 2 heterocycles. The molecule has 2 aliphatic heterocycles. The number of hydrogen-bond acceptors (Lipinski definition) is 7. The van der Waals surface area contributed by atoms with Crippen LogP contribution in [0.15, 0.2) is 22.3 Å². The number of amides is 4. The lowest BCUT2D eigenvalue weighted by Crippen LogP contribution is -2.33. The Bertz CT molecular complexity index is 933. The zero-order valence-electron chi connectivity index (χ0n) is 17.8. The normalized spacial score (nSPS) is 18.0. The Hall–Kier alpha value is -1.94. The van der Waals surface area contributed by atoms with Crippen LogP contribution < -0.4 is 0 Å². The fourth-order valence-corrected chi connectivity index (χ4v) is 6.52. The highest BCUT2D eigenvalue weighted by molar-refractivity contribution is 8.72. The SMILES string of the molecule is CCC1=C(C)C(=O)N(CCCSS(=O)(=O)CCCN2C(=O)C(C)=C(CC)C2=O)C1=O. The minimum Gasteiger partial charge on any atom is -0.275 e. The fraction of sp³-hybridized carbons (Fsp3) is 0.600. The van der Waals surface area contributed by atoms with Gasteiger partial charge in [0, 0.05) is 41.1 Å². The monoisotopic (exact) mass is 456 g/mol. The molecule has 30 heavy (non-hydrogen) atoms. The van der Waals surface area contributed by atoms with E-state index >= 15 is 0 Å². The maximum atomic E-state index is 12.2. The van der Waals surface area contributed by atoms with Crippen LogP contribution in [0.4, 0.5) is 0 Å². The summed E-state index contributed by atoms with van der Waals surface area (Å²) < 4.78 is 24.5. The number of imide groups is 2. The molecular weight excluding hydrogens is 428 g/mol. The van der Waals surface area contributed by atoms with Crippen LogP contribution in [0.25, 0.3) is 0 Å². The molecule has 0 aromatic heterocycles. The van der Waals surface area contributed by atoms with Gasteiger partial charge in [0.1, 0.15) is 0 Å². The molecule has 0 atom stereocenters. The van der Waals surface area contributed by atoms with Crippen LogP contribution in [0.5, 0.6) is 0 Å². The number of carbonyl (C=O) groups is 4. The van der Waals surface area contributed by atoms with Crippen molar-refractivity contribution in [1.29, 1.82) is 0 Å². The van der Waals surface area contributed by atoms with E-state index in [0.717, 1.165) is 15.7 Å². The number of hydrogen-bond donors (Lipinski definition) is 0. The molecule has 0 aliphatic carbocycles. The van der Waals surface area contributed by atoms with Gasteiger partial charge in [-0.1, -0.05) is 13.8 Å². The predicted molar refractivity (Wildman–Crippen MR) is 115 cm³/mol. The molecule has 0 aromatic rings. The quantitative estimate of drug-likeness (QED) is 0.266. The van der Waals surface area contributed by atoms with Crippen LogP contribution in [-0.2, 0) is 28.0 Å². The first-order valence-corrected chi connectivity index (χ1v) is 13.2. The molecule has 8 nitrogen and oxygen atoms in total. The van der Waals surface area contributed by atoms with Gasteiger partial charge in [0.05, 0.1) is 5.75 Å². The Morgan fingerprint density at radius 3 is 1.57 bits per heavy atom. The van der Waals surface area contributed by atoms with Crippen LogP contribution in [0, 0.1) is 0 Å². The zero-order chi connectivity index (χ0) is 22.6. The van der Waals surface area contributed by atoms with Gasteiger partial charge in [-0.05, 0) is 50.3 Å². The molecule has 0 saturated heterocycles. The van der Waals surface area contributed by atoms with Gasteiger partial charge < -0.3 is 0 Å². The summed E-state index contributed by atoms with van der Waals surface area (Å²) in [6.45, 7) is 7.12. The molecule has 0 bridgehead atoms. The van der Waals surface area contributed by atoms with E-state index in [1.807, 2.05) is 6.92 Å². The lowest BCUT2D eigenvalue weighted by Gasteiger charge is -2.15. The van der Waals surface area contributed by atoms with Crippen molar-refractivity contribution in [1.82, 2.24) is 9.80 Å². The lowest BCUT2D eigenvalue weighted by molar-refractivity contribution is -0.139. The van der Waals surface area contributed by atoms with Crippen LogP contribution in [0.3, 0.4) is 0 Å². The number of carbonyl (C=O) groups excluding carboxylic acids is 4. The van der Waals surface area contributed by atoms with Gasteiger partial charge in [0.2, 0.25) is 8.87 Å². The second-order valence-electron chi connectivity index (χ2n) is 7.23. The molecule has 0 spiro atoms. The smallest absolute Gasteiger partial charge is 0.257 e. The highest BCUT2D eigenvalue weighted by Crippen LogP contribution is 2.25. The molecule has 2 rings (SSSR count). The van der Waals surface area contributed by atoms with E-state index in [1.165, 1.54) is 4.90 Å². The summed E-state index contributed by atoms with van der Waals surface area (Å²) in [6.07, 6.45) is 1.51. The zero-order valence-corrected chi connectivity index (χ0v) is 19.5. The Morgan fingerprint density at radius 2 is 1.17 bits per heavy atom. The van der Waals surface area contributed by atoms with Gasteiger partial charge in [-0.15, -0.1) is 0 Å². The van der Waals surface area contributed by atoms with E-state index < -0.39 is 8.87 Å². The van der Waals surface area contributed by atoms with Gasteiger partial charge in [-0.2, -0.15) is 0 Å². The molecule has 10 heteroatoms. The first-order valence-electron chi connectivity index (χ1n) is 10.0. The van der Waals surface area contributed by atoms with E-state index in [-0.39, 0.29) is 54.6 Å². The minimum atomic E-state index is -3.43. The van der Waals surface area contributed by atoms with E-state index in [2.05, 4.69) is 0 Å². The van der Waals surface area contributed by atoms with E-state index in [0.29, 0.717) is 41.6 Å². The summed E-state index contributed by atoms with van der Waals surface area (Å²) in [5.41, 5.74) is 1.90. The second-order valence-corrected chi connectivity index (χ2v) is 11.6. The Balaban J connectivity index is 1.75. The molecule has 0 unspecified atom stereocenters. The summed E-state index contributed by atoms with van der Waals surface area (Å²) in [5.74, 6) is -1.18. The van der Waals surface area contributed by atoms with Crippen LogP contribution >= 0.6 is 10.8 Å². The number of nitrogens with zero attached hydrogens (tertiary/aromatic N) is 2. The van der Waals surface area contributed by atoms with Crippen LogP contribution in [0.1, 0.15) is 53.4 Å². The van der Waals surface area contributed by atoms with Crippen LogP contribution in [-0.4, -0.2) is 66.4 Å². The molecule has 0 aromatic carbocycles. The summed E-state index contributed by atoms with van der Waals surface area (Å²) in [5, 5.41) is 0. The van der Waals surface area contributed by atoms with Crippen molar-refractivity contribution in [2.45, 2.75) is 53.4 Å². The summed E-state index contributed by atoms with van der Waals surface area (Å²) >= 11 is 0. The Kier molecular flexibility index (Phi) is 8.04.